The zero-order valence-corrected chi connectivity index (χ0v) is 8.93. The van der Waals surface area contributed by atoms with Gasteiger partial charge in [-0.05, 0) is 25.0 Å². The molecule has 0 spiro atoms. The number of aliphatic hydroxyl groups is 1. The van der Waals surface area contributed by atoms with Crippen molar-refractivity contribution in [3.8, 4) is 0 Å². The molecule has 0 aliphatic carbocycles. The lowest BCUT2D eigenvalue weighted by Gasteiger charge is -2.22. The number of hydrogen-bond acceptors (Lipinski definition) is 1. The molecule has 1 aromatic rings. The minimum Gasteiger partial charge on any atom is -0.385 e. The molecule has 0 bridgehead atoms. The van der Waals surface area contributed by atoms with Gasteiger partial charge in [0.25, 0.3) is 0 Å². The van der Waals surface area contributed by atoms with Gasteiger partial charge < -0.3 is 5.11 Å². The summed E-state index contributed by atoms with van der Waals surface area (Å²) < 4.78 is 0.969. The third kappa shape index (κ3) is 1.87. The van der Waals surface area contributed by atoms with Crippen LogP contribution in [0.25, 0.3) is 0 Å². The molecule has 66 valence electrons. The van der Waals surface area contributed by atoms with Crippen LogP contribution in [0.15, 0.2) is 28.7 Å². The molecule has 0 fully saturated rings. The molecule has 0 amide bonds. The zero-order valence-electron chi connectivity index (χ0n) is 7.34. The maximum absolute atomic E-state index is 9.95. The highest BCUT2D eigenvalue weighted by atomic mass is 79.9. The summed E-state index contributed by atoms with van der Waals surface area (Å²) in [7, 11) is 0. The normalized spacial score (nSPS) is 15.7. The predicted molar refractivity (Wildman–Crippen MR) is 54.0 cm³/mol. The molecule has 1 rings (SSSR count). The van der Waals surface area contributed by atoms with Crippen LogP contribution in [0.2, 0.25) is 0 Å². The molecule has 1 nitrogen and oxygen atoms in total. The smallest absolute Gasteiger partial charge is 0.0876 e. The van der Waals surface area contributed by atoms with Gasteiger partial charge >= 0.3 is 0 Å². The largest absolute Gasteiger partial charge is 0.385 e. The average Bonchev–Trinajstić information content (AvgIpc) is 2.05. The Hall–Kier alpha value is -0.340. The highest BCUT2D eigenvalue weighted by Crippen LogP contribution is 2.30. The molecule has 0 saturated heterocycles. The maximum Gasteiger partial charge on any atom is 0.0876 e. The third-order valence-electron chi connectivity index (χ3n) is 2.14. The molecule has 0 heterocycles. The van der Waals surface area contributed by atoms with E-state index in [1.807, 2.05) is 38.1 Å². The molecule has 1 N–H and O–H groups in total. The SMILES string of the molecule is CCC(C)(O)c1ccccc1Br. The Kier molecular flexibility index (Phi) is 2.91. The summed E-state index contributed by atoms with van der Waals surface area (Å²) in [4.78, 5) is 0. The van der Waals surface area contributed by atoms with Crippen molar-refractivity contribution in [2.45, 2.75) is 25.9 Å². The van der Waals surface area contributed by atoms with Gasteiger partial charge in [-0.25, -0.2) is 0 Å². The molecular formula is C10H13BrO. The van der Waals surface area contributed by atoms with E-state index in [4.69, 9.17) is 0 Å². The molecule has 1 aromatic carbocycles. The van der Waals surface area contributed by atoms with E-state index in [-0.39, 0.29) is 0 Å². The first-order chi connectivity index (χ1) is 5.58. The minimum atomic E-state index is -0.722. The Labute approximate surface area is 81.6 Å². The van der Waals surface area contributed by atoms with Crippen molar-refractivity contribution in [1.82, 2.24) is 0 Å². The summed E-state index contributed by atoms with van der Waals surface area (Å²) >= 11 is 3.41. The lowest BCUT2D eigenvalue weighted by molar-refractivity contribution is 0.0523. The summed E-state index contributed by atoms with van der Waals surface area (Å²) in [5.74, 6) is 0. The Balaban J connectivity index is 3.10. The molecular weight excluding hydrogens is 216 g/mol. The van der Waals surface area contributed by atoms with Gasteiger partial charge in [0.1, 0.15) is 0 Å². The van der Waals surface area contributed by atoms with Crippen molar-refractivity contribution in [3.63, 3.8) is 0 Å². The van der Waals surface area contributed by atoms with E-state index in [2.05, 4.69) is 15.9 Å². The summed E-state index contributed by atoms with van der Waals surface area (Å²) in [5.41, 5.74) is 0.229. The first-order valence-corrected chi connectivity index (χ1v) is 4.84. The highest BCUT2D eigenvalue weighted by Gasteiger charge is 2.22. The standard InChI is InChI=1S/C10H13BrO/c1-3-10(2,12)8-6-4-5-7-9(8)11/h4-7,12H,3H2,1-2H3. The second-order valence-corrected chi connectivity index (χ2v) is 3.96. The van der Waals surface area contributed by atoms with Crippen LogP contribution in [0.1, 0.15) is 25.8 Å². The highest BCUT2D eigenvalue weighted by molar-refractivity contribution is 9.10. The van der Waals surface area contributed by atoms with E-state index >= 15 is 0 Å². The van der Waals surface area contributed by atoms with E-state index < -0.39 is 5.60 Å². The average molecular weight is 229 g/mol. The Morgan fingerprint density at radius 3 is 2.50 bits per heavy atom. The molecule has 0 aromatic heterocycles. The summed E-state index contributed by atoms with van der Waals surface area (Å²) in [6, 6.07) is 7.76. The van der Waals surface area contributed by atoms with E-state index in [0.29, 0.717) is 0 Å². The molecule has 0 aliphatic rings. The Morgan fingerprint density at radius 2 is 2.00 bits per heavy atom. The summed E-state index contributed by atoms with van der Waals surface area (Å²) in [6.45, 7) is 3.80. The van der Waals surface area contributed by atoms with Crippen LogP contribution in [-0.2, 0) is 5.60 Å². The first kappa shape index (κ1) is 9.75. The molecule has 0 radical (unpaired) electrons. The predicted octanol–water partition coefficient (Wildman–Crippen LogP) is 3.07. The van der Waals surface area contributed by atoms with E-state index in [1.165, 1.54) is 0 Å². The van der Waals surface area contributed by atoms with Crippen molar-refractivity contribution >= 4 is 15.9 Å². The van der Waals surface area contributed by atoms with Crippen molar-refractivity contribution in [3.05, 3.63) is 34.3 Å². The number of hydrogen-bond donors (Lipinski definition) is 1. The topological polar surface area (TPSA) is 20.2 Å². The van der Waals surface area contributed by atoms with E-state index in [1.54, 1.807) is 0 Å². The molecule has 1 unspecified atom stereocenters. The van der Waals surface area contributed by atoms with Gasteiger partial charge in [0.05, 0.1) is 5.60 Å². The molecule has 2 heteroatoms. The number of benzene rings is 1. The fourth-order valence-corrected chi connectivity index (χ4v) is 1.80. The fraction of sp³-hybridized carbons (Fsp3) is 0.400. The van der Waals surface area contributed by atoms with Crippen LogP contribution in [-0.4, -0.2) is 5.11 Å². The number of halogens is 1. The molecule has 0 saturated carbocycles. The molecule has 12 heavy (non-hydrogen) atoms. The first-order valence-electron chi connectivity index (χ1n) is 4.05. The summed E-state index contributed by atoms with van der Waals surface area (Å²) in [5, 5.41) is 9.95. The molecule has 1 atom stereocenters. The van der Waals surface area contributed by atoms with E-state index in [9.17, 15) is 5.11 Å². The van der Waals surface area contributed by atoms with Crippen molar-refractivity contribution in [2.24, 2.45) is 0 Å². The van der Waals surface area contributed by atoms with Crippen LogP contribution >= 0.6 is 15.9 Å². The van der Waals surface area contributed by atoms with Crippen LogP contribution in [0, 0.1) is 0 Å². The van der Waals surface area contributed by atoms with E-state index in [0.717, 1.165) is 16.5 Å². The van der Waals surface area contributed by atoms with Gasteiger partial charge in [-0.3, -0.25) is 0 Å². The quantitative estimate of drug-likeness (QED) is 0.826. The van der Waals surface area contributed by atoms with Crippen LogP contribution in [0.5, 0.6) is 0 Å². The van der Waals surface area contributed by atoms with Crippen LogP contribution in [0.3, 0.4) is 0 Å². The third-order valence-corrected chi connectivity index (χ3v) is 2.83. The number of rotatable bonds is 2. The zero-order chi connectivity index (χ0) is 9.19. The molecule has 0 aliphatic heterocycles. The van der Waals surface area contributed by atoms with Crippen molar-refractivity contribution < 1.29 is 5.11 Å². The van der Waals surface area contributed by atoms with Crippen LogP contribution < -0.4 is 0 Å². The second kappa shape index (κ2) is 3.58. The maximum atomic E-state index is 9.95. The lowest BCUT2D eigenvalue weighted by Crippen LogP contribution is -2.19. The van der Waals surface area contributed by atoms with Gasteiger partial charge in [-0.2, -0.15) is 0 Å². The van der Waals surface area contributed by atoms with Crippen molar-refractivity contribution in [2.75, 3.05) is 0 Å². The van der Waals surface area contributed by atoms with Crippen molar-refractivity contribution in [1.29, 1.82) is 0 Å². The fourth-order valence-electron chi connectivity index (χ4n) is 1.09. The van der Waals surface area contributed by atoms with Crippen LogP contribution in [0.4, 0.5) is 0 Å². The Bertz CT molecular complexity index is 268. The van der Waals surface area contributed by atoms with Gasteiger partial charge in [0.2, 0.25) is 0 Å². The van der Waals surface area contributed by atoms with Gasteiger partial charge in [0, 0.05) is 4.47 Å². The Morgan fingerprint density at radius 1 is 1.42 bits per heavy atom. The van der Waals surface area contributed by atoms with Gasteiger partial charge in [-0.1, -0.05) is 41.1 Å². The monoisotopic (exact) mass is 228 g/mol. The lowest BCUT2D eigenvalue weighted by atomic mass is 9.94. The minimum absolute atomic E-state index is 0.718. The summed E-state index contributed by atoms with van der Waals surface area (Å²) in [6.07, 6.45) is 0.718. The van der Waals surface area contributed by atoms with Gasteiger partial charge in [-0.15, -0.1) is 0 Å². The second-order valence-electron chi connectivity index (χ2n) is 3.11. The van der Waals surface area contributed by atoms with Gasteiger partial charge in [0.15, 0.2) is 0 Å².